The molecule has 2 aromatic carbocycles. The third kappa shape index (κ3) is 4.54. The van der Waals surface area contributed by atoms with Crippen molar-refractivity contribution in [3.05, 3.63) is 78.4 Å². The Bertz CT molecular complexity index is 1030. The van der Waals surface area contributed by atoms with Crippen LogP contribution in [0.25, 0.3) is 11.3 Å². The molecule has 0 aliphatic rings. The van der Waals surface area contributed by atoms with Gasteiger partial charge in [-0.1, -0.05) is 46.4 Å². The molecule has 0 spiro atoms. The van der Waals surface area contributed by atoms with Crippen molar-refractivity contribution in [3.8, 4) is 11.3 Å². The molecule has 0 bridgehead atoms. The second-order valence-electron chi connectivity index (χ2n) is 5.24. The van der Waals surface area contributed by atoms with E-state index in [1.54, 1.807) is 12.1 Å². The van der Waals surface area contributed by atoms with Crippen molar-refractivity contribution in [1.29, 1.82) is 0 Å². The molecule has 138 valence electrons. The molecule has 3 rings (SSSR count). The molecule has 10 heteroatoms. The summed E-state index contributed by atoms with van der Waals surface area (Å²) >= 11 is 24.1. The van der Waals surface area contributed by atoms with Gasteiger partial charge in [-0.25, -0.2) is 0 Å². The lowest BCUT2D eigenvalue weighted by atomic mass is 10.1. The molecule has 0 saturated heterocycles. The van der Waals surface area contributed by atoms with Gasteiger partial charge in [0, 0.05) is 22.7 Å². The van der Waals surface area contributed by atoms with E-state index in [4.69, 9.17) is 50.8 Å². The highest BCUT2D eigenvalue weighted by molar-refractivity contribution is 6.41. The maximum atomic E-state index is 10.9. The number of furan rings is 1. The number of hydrazone groups is 1. The third-order valence-corrected chi connectivity index (χ3v) is 4.57. The zero-order valence-electron chi connectivity index (χ0n) is 13.2. The Morgan fingerprint density at radius 2 is 1.70 bits per heavy atom. The Kier molecular flexibility index (Phi) is 5.92. The van der Waals surface area contributed by atoms with Crippen molar-refractivity contribution >= 4 is 64.0 Å². The van der Waals surface area contributed by atoms with Crippen LogP contribution >= 0.6 is 46.4 Å². The molecule has 0 atom stereocenters. The largest absolute Gasteiger partial charge is 0.455 e. The molecule has 1 heterocycles. The van der Waals surface area contributed by atoms with Crippen LogP contribution in [0.3, 0.4) is 0 Å². The average Bonchev–Trinajstić information content (AvgIpc) is 3.06. The normalized spacial score (nSPS) is 11.1. The summed E-state index contributed by atoms with van der Waals surface area (Å²) in [5, 5.41) is 16.3. The number of non-ortho nitro benzene ring substituents is 1. The van der Waals surface area contributed by atoms with E-state index in [0.29, 0.717) is 42.9 Å². The number of nitrogens with zero attached hydrogens (tertiary/aromatic N) is 2. The minimum Gasteiger partial charge on any atom is -0.455 e. The van der Waals surface area contributed by atoms with Gasteiger partial charge in [0.2, 0.25) is 0 Å². The summed E-state index contributed by atoms with van der Waals surface area (Å²) < 4.78 is 5.62. The van der Waals surface area contributed by atoms with E-state index in [9.17, 15) is 10.1 Å². The Balaban J connectivity index is 1.80. The van der Waals surface area contributed by atoms with E-state index in [2.05, 4.69) is 10.5 Å². The van der Waals surface area contributed by atoms with Crippen molar-refractivity contribution in [2.24, 2.45) is 5.10 Å². The summed E-state index contributed by atoms with van der Waals surface area (Å²) in [6.07, 6.45) is 1.40. The molecule has 0 aliphatic heterocycles. The number of nitro groups is 1. The molecule has 0 unspecified atom stereocenters. The van der Waals surface area contributed by atoms with E-state index in [0.717, 1.165) is 0 Å². The van der Waals surface area contributed by atoms with Crippen LogP contribution in [0.4, 0.5) is 11.4 Å². The third-order valence-electron chi connectivity index (χ3n) is 3.43. The molecular weight excluding hydrogens is 436 g/mol. The second-order valence-corrected chi connectivity index (χ2v) is 6.90. The Morgan fingerprint density at radius 3 is 2.37 bits per heavy atom. The van der Waals surface area contributed by atoms with Crippen molar-refractivity contribution in [3.63, 3.8) is 0 Å². The van der Waals surface area contributed by atoms with E-state index in [1.807, 2.05) is 0 Å². The van der Waals surface area contributed by atoms with Crippen molar-refractivity contribution < 1.29 is 9.34 Å². The lowest BCUT2D eigenvalue weighted by molar-refractivity contribution is -0.384. The van der Waals surface area contributed by atoms with Crippen LogP contribution < -0.4 is 5.43 Å². The number of hydrogen-bond acceptors (Lipinski definition) is 5. The summed E-state index contributed by atoms with van der Waals surface area (Å²) in [6, 6.07) is 10.4. The first-order chi connectivity index (χ1) is 12.8. The molecule has 0 aliphatic carbocycles. The van der Waals surface area contributed by atoms with Crippen molar-refractivity contribution in [2.75, 3.05) is 5.43 Å². The lowest BCUT2D eigenvalue weighted by Gasteiger charge is -2.06. The summed E-state index contributed by atoms with van der Waals surface area (Å²) in [6.45, 7) is 0. The van der Waals surface area contributed by atoms with Gasteiger partial charge in [-0.15, -0.1) is 0 Å². The Labute approximate surface area is 173 Å². The Hall–Kier alpha value is -2.25. The SMILES string of the molecule is O=[N+]([O-])c1ccc(Cl)c(-c2ccc(/C=N\Nc3c(Cl)cc(Cl)cc3Cl)o2)c1. The number of rotatable bonds is 5. The lowest BCUT2D eigenvalue weighted by Crippen LogP contribution is -1.92. The van der Waals surface area contributed by atoms with Gasteiger partial charge in [0.25, 0.3) is 5.69 Å². The molecule has 0 fully saturated rings. The highest BCUT2D eigenvalue weighted by Crippen LogP contribution is 2.34. The van der Waals surface area contributed by atoms with Crippen LogP contribution in [0.5, 0.6) is 0 Å². The van der Waals surface area contributed by atoms with E-state index in [1.165, 1.54) is 36.5 Å². The minimum absolute atomic E-state index is 0.0882. The topological polar surface area (TPSA) is 80.7 Å². The number of nitrogens with one attached hydrogen (secondary N) is 1. The predicted molar refractivity (Wildman–Crippen MR) is 108 cm³/mol. The summed E-state index contributed by atoms with van der Waals surface area (Å²) in [5.41, 5.74) is 3.43. The fraction of sp³-hybridized carbons (Fsp3) is 0. The van der Waals surface area contributed by atoms with Gasteiger partial charge in [0.1, 0.15) is 11.5 Å². The van der Waals surface area contributed by atoms with Crippen molar-refractivity contribution in [2.45, 2.75) is 0 Å². The summed E-state index contributed by atoms with van der Waals surface area (Å²) in [7, 11) is 0. The van der Waals surface area contributed by atoms with Gasteiger partial charge < -0.3 is 4.42 Å². The molecule has 0 radical (unpaired) electrons. The van der Waals surface area contributed by atoms with Crippen LogP contribution in [0.1, 0.15) is 5.76 Å². The fourth-order valence-electron chi connectivity index (χ4n) is 2.19. The van der Waals surface area contributed by atoms with Crippen LogP contribution in [0.2, 0.25) is 20.1 Å². The number of benzene rings is 2. The first kappa shape index (κ1) is 19.5. The first-order valence-corrected chi connectivity index (χ1v) is 8.84. The van der Waals surface area contributed by atoms with Gasteiger partial charge in [0.05, 0.1) is 31.9 Å². The zero-order chi connectivity index (χ0) is 19.6. The summed E-state index contributed by atoms with van der Waals surface area (Å²) in [4.78, 5) is 10.4. The highest BCUT2D eigenvalue weighted by Gasteiger charge is 2.14. The quantitative estimate of drug-likeness (QED) is 0.263. The highest BCUT2D eigenvalue weighted by atomic mass is 35.5. The molecule has 3 aromatic rings. The van der Waals surface area contributed by atoms with Crippen molar-refractivity contribution in [1.82, 2.24) is 0 Å². The van der Waals surface area contributed by atoms with Gasteiger partial charge in [-0.2, -0.15) is 5.10 Å². The first-order valence-electron chi connectivity index (χ1n) is 7.33. The molecule has 27 heavy (non-hydrogen) atoms. The van der Waals surface area contributed by atoms with Gasteiger partial charge in [-0.05, 0) is 30.3 Å². The smallest absolute Gasteiger partial charge is 0.270 e. The number of nitro benzene ring substituents is 1. The van der Waals surface area contributed by atoms with E-state index in [-0.39, 0.29) is 5.69 Å². The minimum atomic E-state index is -0.505. The number of halogens is 4. The number of anilines is 1. The van der Waals surface area contributed by atoms with Gasteiger partial charge in [0.15, 0.2) is 0 Å². The maximum Gasteiger partial charge on any atom is 0.270 e. The molecule has 1 aromatic heterocycles. The molecule has 1 N–H and O–H groups in total. The average molecular weight is 445 g/mol. The predicted octanol–water partition coefficient (Wildman–Crippen LogP) is 6.91. The molecule has 6 nitrogen and oxygen atoms in total. The monoisotopic (exact) mass is 443 g/mol. The molecular formula is C17H9Cl4N3O3. The van der Waals surface area contributed by atoms with Gasteiger partial charge in [-0.3, -0.25) is 15.5 Å². The number of hydrogen-bond donors (Lipinski definition) is 1. The van der Waals surface area contributed by atoms with E-state index >= 15 is 0 Å². The molecule has 0 amide bonds. The van der Waals surface area contributed by atoms with Crippen LogP contribution in [0, 0.1) is 10.1 Å². The second kappa shape index (κ2) is 8.19. The van der Waals surface area contributed by atoms with Crippen LogP contribution in [-0.2, 0) is 0 Å². The summed E-state index contributed by atoms with van der Waals surface area (Å²) in [5.74, 6) is 0.758. The maximum absolute atomic E-state index is 10.9. The zero-order valence-corrected chi connectivity index (χ0v) is 16.3. The fourth-order valence-corrected chi connectivity index (χ4v) is 3.30. The van der Waals surface area contributed by atoms with Gasteiger partial charge >= 0.3 is 0 Å². The van der Waals surface area contributed by atoms with E-state index < -0.39 is 4.92 Å². The van der Waals surface area contributed by atoms with Crippen LogP contribution in [-0.4, -0.2) is 11.1 Å². The van der Waals surface area contributed by atoms with Crippen LogP contribution in [0.15, 0.2) is 52.0 Å². The Morgan fingerprint density at radius 1 is 1.00 bits per heavy atom. The molecule has 0 saturated carbocycles. The standard InChI is InChI=1S/C17H9Cl4N3O3/c18-9-5-14(20)17(15(21)6-9)23-22-8-11-2-4-16(27-11)12-7-10(24(25)26)1-3-13(12)19/h1-8,23H/b22-8-.